The lowest BCUT2D eigenvalue weighted by Gasteiger charge is -2.25. The van der Waals surface area contributed by atoms with Gasteiger partial charge in [-0.2, -0.15) is 0 Å². The largest absolute Gasteiger partial charge is 0.508 e. The predicted octanol–water partition coefficient (Wildman–Crippen LogP) is 3.89. The maximum Gasteiger partial charge on any atom is 0.264 e. The van der Waals surface area contributed by atoms with Crippen molar-refractivity contribution >= 4 is 17.2 Å². The Morgan fingerprint density at radius 3 is 2.79 bits per heavy atom. The van der Waals surface area contributed by atoms with Gasteiger partial charge in [-0.25, -0.2) is 0 Å². The average Bonchev–Trinajstić information content (AvgIpc) is 3.18. The molecule has 1 N–H and O–H groups in total. The van der Waals surface area contributed by atoms with E-state index in [1.165, 1.54) is 11.3 Å². The zero-order valence-electron chi connectivity index (χ0n) is 14.1. The lowest BCUT2D eigenvalue weighted by Crippen LogP contribution is -2.36. The quantitative estimate of drug-likeness (QED) is 0.894. The van der Waals surface area contributed by atoms with Gasteiger partial charge in [0.1, 0.15) is 5.75 Å². The molecule has 1 atom stereocenters. The van der Waals surface area contributed by atoms with Gasteiger partial charge in [-0.3, -0.25) is 4.79 Å². The van der Waals surface area contributed by atoms with Crippen molar-refractivity contribution in [1.82, 2.24) is 4.90 Å². The van der Waals surface area contributed by atoms with Gasteiger partial charge in [0, 0.05) is 30.1 Å². The zero-order chi connectivity index (χ0) is 17.1. The second-order valence-electron chi connectivity index (χ2n) is 6.30. The van der Waals surface area contributed by atoms with Crippen LogP contribution in [0.2, 0.25) is 0 Å². The molecule has 1 fully saturated rings. The Hall–Kier alpha value is -1.85. The van der Waals surface area contributed by atoms with E-state index in [9.17, 15) is 9.90 Å². The van der Waals surface area contributed by atoms with Crippen molar-refractivity contribution in [3.8, 4) is 5.75 Å². The SMILES string of the molecule is Cc1cc(C(=O)N(Cc2ccccc2O)CC2CCCO2)sc1C. The molecule has 0 radical (unpaired) electrons. The van der Waals surface area contributed by atoms with Crippen molar-refractivity contribution in [1.29, 1.82) is 0 Å². The van der Waals surface area contributed by atoms with Gasteiger partial charge in [0.15, 0.2) is 0 Å². The molecule has 1 amide bonds. The molecule has 4 nitrogen and oxygen atoms in total. The molecular weight excluding hydrogens is 322 g/mol. The molecule has 0 aliphatic carbocycles. The van der Waals surface area contributed by atoms with Gasteiger partial charge in [-0.1, -0.05) is 18.2 Å². The first-order valence-electron chi connectivity index (χ1n) is 8.29. The molecule has 0 saturated carbocycles. The minimum Gasteiger partial charge on any atom is -0.508 e. The van der Waals surface area contributed by atoms with Crippen LogP contribution in [0.3, 0.4) is 0 Å². The van der Waals surface area contributed by atoms with Crippen molar-refractivity contribution in [2.45, 2.75) is 39.3 Å². The number of hydrogen-bond donors (Lipinski definition) is 1. The summed E-state index contributed by atoms with van der Waals surface area (Å²) in [7, 11) is 0. The van der Waals surface area contributed by atoms with E-state index < -0.39 is 0 Å². The highest BCUT2D eigenvalue weighted by Gasteiger charge is 2.25. The normalized spacial score (nSPS) is 17.2. The van der Waals surface area contributed by atoms with Crippen LogP contribution in [0, 0.1) is 13.8 Å². The average molecular weight is 345 g/mol. The van der Waals surface area contributed by atoms with Crippen molar-refractivity contribution in [2.24, 2.45) is 0 Å². The summed E-state index contributed by atoms with van der Waals surface area (Å²) in [5, 5.41) is 10.1. The first kappa shape index (κ1) is 17.0. The van der Waals surface area contributed by atoms with Crippen LogP contribution in [-0.2, 0) is 11.3 Å². The molecule has 3 rings (SSSR count). The Kier molecular flexibility index (Phi) is 5.21. The van der Waals surface area contributed by atoms with Crippen molar-refractivity contribution in [2.75, 3.05) is 13.2 Å². The van der Waals surface area contributed by atoms with Crippen LogP contribution >= 0.6 is 11.3 Å². The number of para-hydroxylation sites is 1. The number of ether oxygens (including phenoxy) is 1. The molecule has 1 aromatic heterocycles. The number of nitrogens with zero attached hydrogens (tertiary/aromatic N) is 1. The summed E-state index contributed by atoms with van der Waals surface area (Å²) in [4.78, 5) is 16.7. The second kappa shape index (κ2) is 7.36. The molecular formula is C19H23NO3S. The van der Waals surface area contributed by atoms with Gasteiger partial charge in [-0.15, -0.1) is 11.3 Å². The topological polar surface area (TPSA) is 49.8 Å². The monoisotopic (exact) mass is 345 g/mol. The minimum atomic E-state index is 0.00922. The van der Waals surface area contributed by atoms with Gasteiger partial charge >= 0.3 is 0 Å². The molecule has 0 spiro atoms. The number of thiophene rings is 1. The highest BCUT2D eigenvalue weighted by molar-refractivity contribution is 7.14. The van der Waals surface area contributed by atoms with E-state index in [-0.39, 0.29) is 17.8 Å². The van der Waals surface area contributed by atoms with Gasteiger partial charge in [0.05, 0.1) is 11.0 Å². The second-order valence-corrected chi connectivity index (χ2v) is 7.56. The van der Waals surface area contributed by atoms with Crippen LogP contribution in [-0.4, -0.2) is 35.2 Å². The molecule has 24 heavy (non-hydrogen) atoms. The van der Waals surface area contributed by atoms with Crippen LogP contribution < -0.4 is 0 Å². The van der Waals surface area contributed by atoms with Crippen LogP contribution in [0.1, 0.15) is 38.5 Å². The first-order chi connectivity index (χ1) is 11.5. The van der Waals surface area contributed by atoms with Crippen LogP contribution in [0.4, 0.5) is 0 Å². The number of aromatic hydroxyl groups is 1. The van der Waals surface area contributed by atoms with Crippen molar-refractivity contribution < 1.29 is 14.6 Å². The Morgan fingerprint density at radius 2 is 2.17 bits per heavy atom. The summed E-state index contributed by atoms with van der Waals surface area (Å²) in [5.41, 5.74) is 1.90. The number of amides is 1. The fourth-order valence-electron chi connectivity index (χ4n) is 2.94. The Labute approximate surface area is 146 Å². The van der Waals surface area contributed by atoms with Crippen LogP contribution in [0.5, 0.6) is 5.75 Å². The molecule has 1 saturated heterocycles. The van der Waals surface area contributed by atoms with Crippen molar-refractivity contribution in [3.05, 3.63) is 51.2 Å². The maximum absolute atomic E-state index is 13.0. The Morgan fingerprint density at radius 1 is 1.38 bits per heavy atom. The number of carbonyl (C=O) groups is 1. The molecule has 2 heterocycles. The maximum atomic E-state index is 13.0. The number of carbonyl (C=O) groups excluding carboxylic acids is 1. The molecule has 1 aliphatic rings. The van der Waals surface area contributed by atoms with E-state index in [1.807, 2.05) is 32.0 Å². The summed E-state index contributed by atoms with van der Waals surface area (Å²) in [5.74, 6) is 0.233. The Balaban J connectivity index is 1.83. The van der Waals surface area contributed by atoms with Gasteiger partial charge in [-0.05, 0) is 44.4 Å². The van der Waals surface area contributed by atoms with Crippen molar-refractivity contribution in [3.63, 3.8) is 0 Å². The predicted molar refractivity (Wildman–Crippen MR) is 95.6 cm³/mol. The minimum absolute atomic E-state index is 0.00922. The van der Waals surface area contributed by atoms with E-state index >= 15 is 0 Å². The number of phenolic OH excluding ortho intramolecular Hbond substituents is 1. The van der Waals surface area contributed by atoms with E-state index in [1.54, 1.807) is 17.0 Å². The highest BCUT2D eigenvalue weighted by atomic mass is 32.1. The van der Waals surface area contributed by atoms with E-state index in [0.717, 1.165) is 40.3 Å². The molecule has 1 aliphatic heterocycles. The molecule has 2 aromatic rings. The van der Waals surface area contributed by atoms with Crippen LogP contribution in [0.25, 0.3) is 0 Å². The lowest BCUT2D eigenvalue weighted by molar-refractivity contribution is 0.0509. The standard InChI is InChI=1S/C19H23NO3S/c1-13-10-18(24-14(13)2)19(22)20(12-16-7-5-9-23-16)11-15-6-3-4-8-17(15)21/h3-4,6,8,10,16,21H,5,7,9,11-12H2,1-2H3. The summed E-state index contributed by atoms with van der Waals surface area (Å²) in [6.07, 6.45) is 2.11. The number of aryl methyl sites for hydroxylation is 2. The molecule has 1 aromatic carbocycles. The molecule has 5 heteroatoms. The highest BCUT2D eigenvalue weighted by Crippen LogP contribution is 2.25. The summed E-state index contributed by atoms with van der Waals surface area (Å²) >= 11 is 1.53. The summed E-state index contributed by atoms with van der Waals surface area (Å²) < 4.78 is 5.71. The van der Waals surface area contributed by atoms with E-state index in [0.29, 0.717) is 13.1 Å². The molecule has 0 bridgehead atoms. The smallest absolute Gasteiger partial charge is 0.264 e. The number of rotatable bonds is 5. The third-order valence-corrected chi connectivity index (χ3v) is 5.61. The van der Waals surface area contributed by atoms with Gasteiger partial charge in [0.2, 0.25) is 0 Å². The van der Waals surface area contributed by atoms with Gasteiger partial charge < -0.3 is 14.7 Å². The lowest BCUT2D eigenvalue weighted by atomic mass is 10.1. The van der Waals surface area contributed by atoms with Crippen LogP contribution in [0.15, 0.2) is 30.3 Å². The third kappa shape index (κ3) is 3.79. The number of hydrogen-bond acceptors (Lipinski definition) is 4. The molecule has 1 unspecified atom stereocenters. The molecule has 128 valence electrons. The van der Waals surface area contributed by atoms with E-state index in [2.05, 4.69) is 0 Å². The first-order valence-corrected chi connectivity index (χ1v) is 9.11. The third-order valence-electron chi connectivity index (χ3n) is 4.46. The fourth-order valence-corrected chi connectivity index (χ4v) is 3.94. The van der Waals surface area contributed by atoms with E-state index in [4.69, 9.17) is 4.74 Å². The number of phenols is 1. The number of benzene rings is 1. The van der Waals surface area contributed by atoms with Gasteiger partial charge in [0.25, 0.3) is 5.91 Å². The zero-order valence-corrected chi connectivity index (χ0v) is 14.9. The summed E-state index contributed by atoms with van der Waals surface area (Å²) in [6, 6.07) is 9.13. The fraction of sp³-hybridized carbons (Fsp3) is 0.421. The summed E-state index contributed by atoms with van der Waals surface area (Å²) in [6.45, 7) is 5.77. The Bertz CT molecular complexity index is 700.